The number of carbonyl (C=O) groups excluding carboxylic acids is 1. The maximum absolute atomic E-state index is 12.4. The molecular formula is C21H25F2NO5. The average molecular weight is 409 g/mol. The smallest absolute Gasteiger partial charge is 0.387 e. The Morgan fingerprint density at radius 3 is 2.17 bits per heavy atom. The molecule has 2 aromatic rings. The van der Waals surface area contributed by atoms with Gasteiger partial charge in [0.05, 0.1) is 20.3 Å². The molecule has 0 fully saturated rings. The van der Waals surface area contributed by atoms with Crippen molar-refractivity contribution in [2.45, 2.75) is 33.0 Å². The van der Waals surface area contributed by atoms with E-state index in [0.717, 1.165) is 5.56 Å². The van der Waals surface area contributed by atoms with Gasteiger partial charge in [-0.2, -0.15) is 8.78 Å². The van der Waals surface area contributed by atoms with E-state index in [2.05, 4.69) is 10.1 Å². The molecule has 158 valence electrons. The predicted octanol–water partition coefficient (Wildman–Crippen LogP) is 4.06. The Morgan fingerprint density at radius 1 is 0.931 bits per heavy atom. The first kappa shape index (κ1) is 22.3. The highest BCUT2D eigenvalue weighted by Crippen LogP contribution is 2.30. The summed E-state index contributed by atoms with van der Waals surface area (Å²) in [5.41, 5.74) is 1.25. The lowest BCUT2D eigenvalue weighted by molar-refractivity contribution is -0.0512. The Labute approximate surface area is 168 Å². The molecule has 1 amide bonds. The quantitative estimate of drug-likeness (QED) is 0.641. The molecule has 29 heavy (non-hydrogen) atoms. The zero-order valence-electron chi connectivity index (χ0n) is 16.8. The van der Waals surface area contributed by atoms with Gasteiger partial charge >= 0.3 is 6.61 Å². The molecule has 2 rings (SSSR count). The molecule has 0 aliphatic heterocycles. The van der Waals surface area contributed by atoms with E-state index in [-0.39, 0.29) is 23.5 Å². The fourth-order valence-corrected chi connectivity index (χ4v) is 2.64. The van der Waals surface area contributed by atoms with Crippen LogP contribution in [0.2, 0.25) is 0 Å². The van der Waals surface area contributed by atoms with Crippen LogP contribution in [0.5, 0.6) is 23.0 Å². The zero-order valence-corrected chi connectivity index (χ0v) is 16.8. The summed E-state index contributed by atoms with van der Waals surface area (Å²) in [6, 6.07) is 9.64. The fourth-order valence-electron chi connectivity index (χ4n) is 2.64. The number of amides is 1. The Bertz CT molecular complexity index is 827. The van der Waals surface area contributed by atoms with Gasteiger partial charge in [0.25, 0.3) is 5.91 Å². The first-order chi connectivity index (χ1) is 13.8. The topological polar surface area (TPSA) is 66.0 Å². The van der Waals surface area contributed by atoms with Crippen LogP contribution >= 0.6 is 0 Å². The van der Waals surface area contributed by atoms with Gasteiger partial charge in [-0.1, -0.05) is 6.07 Å². The van der Waals surface area contributed by atoms with Gasteiger partial charge in [-0.15, -0.1) is 0 Å². The van der Waals surface area contributed by atoms with E-state index >= 15 is 0 Å². The minimum Gasteiger partial charge on any atom is -0.493 e. The number of nitrogens with one attached hydrogen (secondary N) is 1. The summed E-state index contributed by atoms with van der Waals surface area (Å²) in [5, 5.41) is 2.82. The number of alkyl halides is 2. The van der Waals surface area contributed by atoms with Crippen LogP contribution in [0, 0.1) is 0 Å². The summed E-state index contributed by atoms with van der Waals surface area (Å²) in [7, 11) is 2.89. The summed E-state index contributed by atoms with van der Waals surface area (Å²) in [6.45, 7) is 1.23. The van der Waals surface area contributed by atoms with Crippen molar-refractivity contribution in [3.63, 3.8) is 0 Å². The molecule has 0 aliphatic carbocycles. The van der Waals surface area contributed by atoms with Crippen LogP contribution in [-0.2, 0) is 6.42 Å². The monoisotopic (exact) mass is 409 g/mol. The molecule has 0 aromatic heterocycles. The minimum absolute atomic E-state index is 0.0157. The van der Waals surface area contributed by atoms with Crippen LogP contribution in [0.15, 0.2) is 36.4 Å². The van der Waals surface area contributed by atoms with Crippen LogP contribution in [-0.4, -0.2) is 39.4 Å². The first-order valence-corrected chi connectivity index (χ1v) is 9.08. The predicted molar refractivity (Wildman–Crippen MR) is 104 cm³/mol. The van der Waals surface area contributed by atoms with Crippen molar-refractivity contribution in [3.05, 3.63) is 47.5 Å². The van der Waals surface area contributed by atoms with Gasteiger partial charge in [0.1, 0.15) is 0 Å². The lowest BCUT2D eigenvalue weighted by Gasteiger charge is -2.14. The van der Waals surface area contributed by atoms with Gasteiger partial charge in [0.2, 0.25) is 0 Å². The lowest BCUT2D eigenvalue weighted by Crippen LogP contribution is -2.25. The summed E-state index contributed by atoms with van der Waals surface area (Å²) in [6.07, 6.45) is 0.473. The van der Waals surface area contributed by atoms with E-state index in [4.69, 9.17) is 14.2 Å². The molecule has 0 aliphatic rings. The van der Waals surface area contributed by atoms with E-state index in [9.17, 15) is 13.6 Å². The number of hydrogen-bond acceptors (Lipinski definition) is 5. The average Bonchev–Trinajstić information content (AvgIpc) is 2.68. The molecule has 0 saturated carbocycles. The van der Waals surface area contributed by atoms with E-state index in [1.165, 1.54) is 20.3 Å². The third-order valence-corrected chi connectivity index (χ3v) is 3.93. The summed E-state index contributed by atoms with van der Waals surface area (Å²) in [4.78, 5) is 12.4. The van der Waals surface area contributed by atoms with Crippen molar-refractivity contribution in [1.29, 1.82) is 0 Å². The fraction of sp³-hybridized carbons (Fsp3) is 0.381. The Balaban J connectivity index is 1.97. The largest absolute Gasteiger partial charge is 0.493 e. The highest BCUT2D eigenvalue weighted by atomic mass is 19.3. The highest BCUT2D eigenvalue weighted by molar-refractivity contribution is 5.94. The summed E-state index contributed by atoms with van der Waals surface area (Å²) >= 11 is 0. The Kier molecular flexibility index (Phi) is 8.06. The van der Waals surface area contributed by atoms with Crippen molar-refractivity contribution in [2.75, 3.05) is 20.8 Å². The number of rotatable bonds is 10. The van der Waals surface area contributed by atoms with Crippen LogP contribution < -0.4 is 24.3 Å². The summed E-state index contributed by atoms with van der Waals surface area (Å²) in [5.74, 6) is 0.956. The first-order valence-electron chi connectivity index (χ1n) is 9.08. The van der Waals surface area contributed by atoms with E-state index in [1.807, 2.05) is 13.8 Å². The van der Waals surface area contributed by atoms with Crippen molar-refractivity contribution < 1.29 is 32.5 Å². The molecule has 2 aromatic carbocycles. The third kappa shape index (κ3) is 6.51. The Morgan fingerprint density at radius 2 is 1.55 bits per heavy atom. The number of methoxy groups -OCH3 is 2. The van der Waals surface area contributed by atoms with Gasteiger partial charge in [-0.3, -0.25) is 4.79 Å². The molecule has 0 radical (unpaired) electrons. The molecule has 0 bridgehead atoms. The maximum Gasteiger partial charge on any atom is 0.387 e. The number of carbonyl (C=O) groups is 1. The zero-order chi connectivity index (χ0) is 21.4. The molecule has 0 unspecified atom stereocenters. The van der Waals surface area contributed by atoms with Crippen LogP contribution in [0.4, 0.5) is 8.78 Å². The lowest BCUT2D eigenvalue weighted by atomic mass is 10.1. The van der Waals surface area contributed by atoms with Crippen LogP contribution in [0.3, 0.4) is 0 Å². The van der Waals surface area contributed by atoms with Crippen molar-refractivity contribution in [1.82, 2.24) is 5.32 Å². The second-order valence-corrected chi connectivity index (χ2v) is 6.40. The Hall–Kier alpha value is -3.03. The molecule has 8 heteroatoms. The summed E-state index contributed by atoms with van der Waals surface area (Å²) < 4.78 is 45.2. The number of halogens is 2. The third-order valence-electron chi connectivity index (χ3n) is 3.93. The normalized spacial score (nSPS) is 10.8. The highest BCUT2D eigenvalue weighted by Gasteiger charge is 2.13. The van der Waals surface area contributed by atoms with E-state index in [1.54, 1.807) is 30.3 Å². The second kappa shape index (κ2) is 10.5. The van der Waals surface area contributed by atoms with Gasteiger partial charge in [-0.25, -0.2) is 0 Å². The molecule has 6 nitrogen and oxygen atoms in total. The van der Waals surface area contributed by atoms with Gasteiger partial charge in [0.15, 0.2) is 23.0 Å². The minimum atomic E-state index is -2.93. The number of benzene rings is 2. The van der Waals surface area contributed by atoms with Gasteiger partial charge < -0.3 is 24.3 Å². The van der Waals surface area contributed by atoms with Gasteiger partial charge in [0, 0.05) is 12.1 Å². The number of ether oxygens (including phenoxy) is 4. The SMILES string of the molecule is COc1cc(C(=O)NCCc2ccc(OC(F)F)c(OC)c2)ccc1OC(C)C. The molecule has 1 N–H and O–H groups in total. The molecule has 0 spiro atoms. The van der Waals surface area contributed by atoms with E-state index in [0.29, 0.717) is 30.0 Å². The second-order valence-electron chi connectivity index (χ2n) is 6.40. The van der Waals surface area contributed by atoms with Crippen LogP contribution in [0.25, 0.3) is 0 Å². The van der Waals surface area contributed by atoms with Crippen molar-refractivity contribution in [2.24, 2.45) is 0 Å². The molecule has 0 saturated heterocycles. The van der Waals surface area contributed by atoms with E-state index < -0.39 is 6.61 Å². The molecule has 0 heterocycles. The van der Waals surface area contributed by atoms with Crippen LogP contribution in [0.1, 0.15) is 29.8 Å². The standard InChI is InChI=1S/C21H25F2NO5/c1-13(2)28-16-8-6-15(12-19(16)27-4)20(25)24-10-9-14-5-7-17(29-21(22)23)18(11-14)26-3/h5-8,11-13,21H,9-10H2,1-4H3,(H,24,25). The molecule has 0 atom stereocenters. The van der Waals surface area contributed by atoms with Crippen molar-refractivity contribution >= 4 is 5.91 Å². The van der Waals surface area contributed by atoms with Crippen molar-refractivity contribution in [3.8, 4) is 23.0 Å². The maximum atomic E-state index is 12.4. The number of hydrogen-bond donors (Lipinski definition) is 1. The van der Waals surface area contributed by atoms with Gasteiger partial charge in [-0.05, 0) is 56.2 Å². The molecular weight excluding hydrogens is 384 g/mol.